The van der Waals surface area contributed by atoms with Gasteiger partial charge in [0.15, 0.2) is 5.82 Å². The Bertz CT molecular complexity index is 1060. The van der Waals surface area contributed by atoms with Crippen LogP contribution in [0.4, 0.5) is 10.6 Å². The molecule has 0 aromatic carbocycles. The fraction of sp³-hybridized carbons (Fsp3) is 0.522. The summed E-state index contributed by atoms with van der Waals surface area (Å²) >= 11 is 0. The first kappa shape index (κ1) is 24.4. The van der Waals surface area contributed by atoms with Gasteiger partial charge in [-0.25, -0.2) is 14.8 Å². The number of ether oxygens (including phenoxy) is 2. The highest BCUT2D eigenvalue weighted by molar-refractivity contribution is 5.95. The van der Waals surface area contributed by atoms with E-state index in [1.807, 2.05) is 38.7 Å². The molecule has 10 heteroatoms. The second kappa shape index (κ2) is 10.1. The van der Waals surface area contributed by atoms with Gasteiger partial charge in [-0.15, -0.1) is 0 Å². The Kier molecular flexibility index (Phi) is 7.47. The number of aliphatic imine (C=N–C) groups is 1. The molecule has 0 spiro atoms. The van der Waals surface area contributed by atoms with E-state index in [4.69, 9.17) is 14.5 Å². The molecular formula is C23H32N6O4. The zero-order valence-electron chi connectivity index (χ0n) is 20.1. The van der Waals surface area contributed by atoms with Crippen LogP contribution < -0.4 is 9.64 Å². The number of aliphatic hydroxyl groups is 1. The van der Waals surface area contributed by atoms with Crippen molar-refractivity contribution in [3.05, 3.63) is 24.3 Å². The first-order valence-electron chi connectivity index (χ1n) is 10.8. The standard InChI is InChI=1S/C23H32N6O4/c1-15(7-8-24-5)20-26-17-11-25-12-18(32-6)19(17)21(27-20)28-9-10-29(16(13-28)14-30)22(31)33-23(2,3)4/h7-8,11-12,16,30H,9-10,13-14H2,1-6H3/b15-7+,24-8?/t16-/m1/s1. The first-order valence-corrected chi connectivity index (χ1v) is 10.8. The Hall–Kier alpha value is -3.27. The molecule has 0 aliphatic carbocycles. The fourth-order valence-corrected chi connectivity index (χ4v) is 3.62. The molecule has 3 heterocycles. The van der Waals surface area contributed by atoms with Crippen molar-refractivity contribution in [3.63, 3.8) is 0 Å². The SMILES string of the molecule is CN=C/C=C(\C)c1nc(N2CCN(C(=O)OC(C)(C)C)[C@@H](CO)C2)c2c(OC)cncc2n1. The van der Waals surface area contributed by atoms with Crippen LogP contribution in [0.5, 0.6) is 5.75 Å². The number of amides is 1. The Labute approximate surface area is 194 Å². The molecule has 1 aliphatic heterocycles. The van der Waals surface area contributed by atoms with Gasteiger partial charge >= 0.3 is 6.09 Å². The van der Waals surface area contributed by atoms with E-state index >= 15 is 0 Å². The lowest BCUT2D eigenvalue weighted by atomic mass is 10.1. The van der Waals surface area contributed by atoms with Crippen LogP contribution in [0.3, 0.4) is 0 Å². The van der Waals surface area contributed by atoms with Crippen LogP contribution in [0.2, 0.25) is 0 Å². The van der Waals surface area contributed by atoms with E-state index in [1.165, 1.54) is 0 Å². The molecule has 2 aromatic heterocycles. The molecule has 1 N–H and O–H groups in total. The van der Waals surface area contributed by atoms with Crippen LogP contribution in [0, 0.1) is 0 Å². The molecule has 33 heavy (non-hydrogen) atoms. The molecule has 0 saturated carbocycles. The maximum Gasteiger partial charge on any atom is 0.410 e. The van der Waals surface area contributed by atoms with E-state index in [1.54, 1.807) is 37.7 Å². The Balaban J connectivity index is 2.02. The van der Waals surface area contributed by atoms with E-state index in [-0.39, 0.29) is 6.61 Å². The van der Waals surface area contributed by atoms with Gasteiger partial charge in [-0.2, -0.15) is 0 Å². The summed E-state index contributed by atoms with van der Waals surface area (Å²) in [7, 11) is 3.28. The fourth-order valence-electron chi connectivity index (χ4n) is 3.62. The lowest BCUT2D eigenvalue weighted by molar-refractivity contribution is 0.00700. The van der Waals surface area contributed by atoms with Crippen molar-refractivity contribution in [2.24, 2.45) is 4.99 Å². The molecular weight excluding hydrogens is 424 g/mol. The summed E-state index contributed by atoms with van der Waals surface area (Å²) in [5.74, 6) is 1.77. The molecule has 1 aliphatic rings. The van der Waals surface area contributed by atoms with Gasteiger partial charge < -0.3 is 19.5 Å². The van der Waals surface area contributed by atoms with Crippen LogP contribution in [0.15, 0.2) is 23.5 Å². The predicted octanol–water partition coefficient (Wildman–Crippen LogP) is 2.56. The number of hydrogen-bond donors (Lipinski definition) is 1. The molecule has 0 unspecified atom stereocenters. The van der Waals surface area contributed by atoms with Crippen molar-refractivity contribution in [2.75, 3.05) is 45.3 Å². The molecule has 1 saturated heterocycles. The van der Waals surface area contributed by atoms with Crippen LogP contribution in [-0.4, -0.2) is 89.3 Å². The van der Waals surface area contributed by atoms with Gasteiger partial charge in [-0.05, 0) is 39.3 Å². The van der Waals surface area contributed by atoms with Crippen molar-refractivity contribution >= 4 is 34.6 Å². The summed E-state index contributed by atoms with van der Waals surface area (Å²) < 4.78 is 11.1. The van der Waals surface area contributed by atoms with Crippen molar-refractivity contribution in [1.82, 2.24) is 19.9 Å². The van der Waals surface area contributed by atoms with Crippen LogP contribution >= 0.6 is 0 Å². The largest absolute Gasteiger partial charge is 0.494 e. The number of carbonyl (C=O) groups excluding carboxylic acids is 1. The Morgan fingerprint density at radius 2 is 2.06 bits per heavy atom. The third kappa shape index (κ3) is 5.57. The number of aromatic nitrogens is 3. The molecule has 3 rings (SSSR count). The van der Waals surface area contributed by atoms with E-state index in [0.29, 0.717) is 42.5 Å². The number of carbonyl (C=O) groups is 1. The third-order valence-electron chi connectivity index (χ3n) is 5.22. The summed E-state index contributed by atoms with van der Waals surface area (Å²) in [5.41, 5.74) is 0.876. The average Bonchev–Trinajstić information content (AvgIpc) is 2.79. The molecule has 0 radical (unpaired) electrons. The topological polar surface area (TPSA) is 113 Å². The lowest BCUT2D eigenvalue weighted by Crippen LogP contribution is -2.57. The number of rotatable bonds is 5. The van der Waals surface area contributed by atoms with Gasteiger partial charge in [-0.1, -0.05) is 0 Å². The minimum atomic E-state index is -0.613. The van der Waals surface area contributed by atoms with Gasteiger partial charge in [0.1, 0.15) is 17.2 Å². The maximum absolute atomic E-state index is 12.7. The molecule has 10 nitrogen and oxygen atoms in total. The number of nitrogens with zero attached hydrogens (tertiary/aromatic N) is 6. The van der Waals surface area contributed by atoms with E-state index in [2.05, 4.69) is 15.0 Å². The number of anilines is 1. The van der Waals surface area contributed by atoms with Gasteiger partial charge in [-0.3, -0.25) is 14.9 Å². The number of fused-ring (bicyclic) bond motifs is 1. The summed E-state index contributed by atoms with van der Waals surface area (Å²) in [4.78, 5) is 34.1. The van der Waals surface area contributed by atoms with Gasteiger partial charge in [0, 0.05) is 32.9 Å². The summed E-state index contributed by atoms with van der Waals surface area (Å²) in [6.07, 6.45) is 6.40. The third-order valence-corrected chi connectivity index (χ3v) is 5.22. The monoisotopic (exact) mass is 456 g/mol. The van der Waals surface area contributed by atoms with E-state index < -0.39 is 17.7 Å². The highest BCUT2D eigenvalue weighted by atomic mass is 16.6. The van der Waals surface area contributed by atoms with Crippen LogP contribution in [0.1, 0.15) is 33.5 Å². The Morgan fingerprint density at radius 3 is 2.70 bits per heavy atom. The van der Waals surface area contributed by atoms with E-state index in [9.17, 15) is 9.90 Å². The minimum absolute atomic E-state index is 0.198. The highest BCUT2D eigenvalue weighted by Crippen LogP contribution is 2.34. The number of piperazine rings is 1. The smallest absolute Gasteiger partial charge is 0.410 e. The van der Waals surface area contributed by atoms with Gasteiger partial charge in [0.25, 0.3) is 0 Å². The van der Waals surface area contributed by atoms with Crippen molar-refractivity contribution < 1.29 is 19.4 Å². The maximum atomic E-state index is 12.7. The zero-order valence-corrected chi connectivity index (χ0v) is 20.1. The number of aliphatic hydroxyl groups excluding tert-OH is 1. The quantitative estimate of drug-likeness (QED) is 0.683. The highest BCUT2D eigenvalue weighted by Gasteiger charge is 2.34. The van der Waals surface area contributed by atoms with Crippen molar-refractivity contribution in [1.29, 1.82) is 0 Å². The summed E-state index contributed by atoms with van der Waals surface area (Å²) in [6.45, 7) is 8.45. The molecule has 1 atom stereocenters. The van der Waals surface area contributed by atoms with Gasteiger partial charge in [0.05, 0.1) is 43.1 Å². The van der Waals surface area contributed by atoms with Crippen molar-refractivity contribution in [3.8, 4) is 5.75 Å². The second-order valence-electron chi connectivity index (χ2n) is 8.82. The van der Waals surface area contributed by atoms with Crippen molar-refractivity contribution in [2.45, 2.75) is 39.3 Å². The van der Waals surface area contributed by atoms with Gasteiger partial charge in [0.2, 0.25) is 0 Å². The molecule has 1 fully saturated rings. The van der Waals surface area contributed by atoms with Crippen LogP contribution in [-0.2, 0) is 4.74 Å². The minimum Gasteiger partial charge on any atom is -0.494 e. The lowest BCUT2D eigenvalue weighted by Gasteiger charge is -2.41. The predicted molar refractivity (Wildman–Crippen MR) is 128 cm³/mol. The molecule has 2 aromatic rings. The first-order chi connectivity index (χ1) is 15.7. The second-order valence-corrected chi connectivity index (χ2v) is 8.82. The van der Waals surface area contributed by atoms with Crippen LogP contribution in [0.25, 0.3) is 16.5 Å². The molecule has 178 valence electrons. The average molecular weight is 457 g/mol. The Morgan fingerprint density at radius 1 is 1.30 bits per heavy atom. The zero-order chi connectivity index (χ0) is 24.2. The number of pyridine rings is 1. The number of allylic oxidation sites excluding steroid dienone is 2. The number of methoxy groups -OCH3 is 1. The normalized spacial score (nSPS) is 17.7. The van der Waals surface area contributed by atoms with E-state index in [0.717, 1.165) is 11.0 Å². The molecule has 0 bridgehead atoms. The number of hydrogen-bond acceptors (Lipinski definition) is 9. The summed E-state index contributed by atoms with van der Waals surface area (Å²) in [6, 6.07) is -0.446. The summed E-state index contributed by atoms with van der Waals surface area (Å²) in [5, 5.41) is 10.8. The molecule has 1 amide bonds.